The molecule has 2 aromatic rings. The molecule has 0 aliphatic carbocycles. The maximum absolute atomic E-state index is 13.4. The zero-order valence-corrected chi connectivity index (χ0v) is 10.9. The molecule has 20 heavy (non-hydrogen) atoms. The normalized spacial score (nSPS) is 10.6. The minimum absolute atomic E-state index is 0.0897. The van der Waals surface area contributed by atoms with Gasteiger partial charge in [0.05, 0.1) is 12.1 Å². The van der Waals surface area contributed by atoms with Crippen LogP contribution < -0.4 is 5.32 Å². The van der Waals surface area contributed by atoms with Crippen LogP contribution in [0.15, 0.2) is 24.3 Å². The summed E-state index contributed by atoms with van der Waals surface area (Å²) in [4.78, 5) is 11.9. The summed E-state index contributed by atoms with van der Waals surface area (Å²) in [5.74, 6) is -4.22. The molecule has 0 atom stereocenters. The second kappa shape index (κ2) is 5.96. The lowest BCUT2D eigenvalue weighted by Gasteiger charge is -2.07. The Hall–Kier alpha value is -2.02. The van der Waals surface area contributed by atoms with Gasteiger partial charge in [0.25, 0.3) is 0 Å². The van der Waals surface area contributed by atoms with Crippen molar-refractivity contribution >= 4 is 23.0 Å². The van der Waals surface area contributed by atoms with Crippen molar-refractivity contribution in [2.75, 3.05) is 5.32 Å². The number of anilines is 1. The highest BCUT2D eigenvalue weighted by Gasteiger charge is 2.11. The molecular weight excluding hydrogens is 291 g/mol. The maximum atomic E-state index is 13.4. The Labute approximate surface area is 116 Å². The molecule has 0 spiro atoms. The van der Waals surface area contributed by atoms with E-state index in [-0.39, 0.29) is 18.7 Å². The summed E-state index contributed by atoms with van der Waals surface area (Å²) in [7, 11) is 0. The van der Waals surface area contributed by atoms with Crippen LogP contribution in [-0.4, -0.2) is 11.1 Å². The van der Waals surface area contributed by atoms with Crippen molar-refractivity contribution in [2.45, 2.75) is 13.0 Å². The van der Waals surface area contributed by atoms with Crippen molar-refractivity contribution in [3.05, 3.63) is 51.5 Å². The van der Waals surface area contributed by atoms with E-state index in [2.05, 4.69) is 5.32 Å². The van der Waals surface area contributed by atoms with E-state index in [0.717, 1.165) is 10.9 Å². The van der Waals surface area contributed by atoms with Crippen LogP contribution >= 0.6 is 11.3 Å². The van der Waals surface area contributed by atoms with Crippen LogP contribution in [0.3, 0.4) is 0 Å². The van der Waals surface area contributed by atoms with Crippen LogP contribution in [0.25, 0.3) is 0 Å². The van der Waals surface area contributed by atoms with E-state index < -0.39 is 23.4 Å². The zero-order valence-electron chi connectivity index (χ0n) is 10.1. The molecule has 1 heterocycles. The molecule has 1 aromatic heterocycles. The first-order chi connectivity index (χ1) is 9.45. The average Bonchev–Trinajstić information content (AvgIpc) is 2.78. The van der Waals surface area contributed by atoms with Crippen molar-refractivity contribution < 1.29 is 23.1 Å². The SMILES string of the molecule is O=C(O)Cc1ccc(CNc2cc(F)cc(F)c2F)s1. The fourth-order valence-corrected chi connectivity index (χ4v) is 2.58. The third kappa shape index (κ3) is 3.51. The highest BCUT2D eigenvalue weighted by molar-refractivity contribution is 7.12. The summed E-state index contributed by atoms with van der Waals surface area (Å²) in [5, 5.41) is 11.2. The van der Waals surface area contributed by atoms with Crippen molar-refractivity contribution in [3.63, 3.8) is 0 Å². The minimum Gasteiger partial charge on any atom is -0.481 e. The van der Waals surface area contributed by atoms with Gasteiger partial charge >= 0.3 is 5.97 Å². The quantitative estimate of drug-likeness (QED) is 0.832. The van der Waals surface area contributed by atoms with E-state index in [9.17, 15) is 18.0 Å². The predicted octanol–water partition coefficient (Wildman–Crippen LogP) is 3.40. The lowest BCUT2D eigenvalue weighted by atomic mass is 10.2. The first-order valence-electron chi connectivity index (χ1n) is 5.63. The number of carbonyl (C=O) groups is 1. The molecule has 7 heteroatoms. The topological polar surface area (TPSA) is 49.3 Å². The number of nitrogens with one attached hydrogen (secondary N) is 1. The smallest absolute Gasteiger partial charge is 0.308 e. The van der Waals surface area contributed by atoms with Gasteiger partial charge in [-0.05, 0) is 12.1 Å². The largest absolute Gasteiger partial charge is 0.481 e. The summed E-state index contributed by atoms with van der Waals surface area (Å²) < 4.78 is 39.4. The third-order valence-electron chi connectivity index (χ3n) is 2.49. The molecule has 0 aliphatic heterocycles. The van der Waals surface area contributed by atoms with Crippen molar-refractivity contribution in [2.24, 2.45) is 0 Å². The average molecular weight is 301 g/mol. The number of carboxylic acids is 1. The number of rotatable bonds is 5. The second-order valence-electron chi connectivity index (χ2n) is 4.04. The molecule has 0 fully saturated rings. The van der Waals surface area contributed by atoms with E-state index >= 15 is 0 Å². The summed E-state index contributed by atoms with van der Waals surface area (Å²) in [6.45, 7) is 0.157. The van der Waals surface area contributed by atoms with Crippen molar-refractivity contribution in [1.29, 1.82) is 0 Å². The maximum Gasteiger partial charge on any atom is 0.308 e. The van der Waals surface area contributed by atoms with E-state index in [1.54, 1.807) is 12.1 Å². The molecule has 0 amide bonds. The summed E-state index contributed by atoms with van der Waals surface area (Å²) in [6, 6.07) is 4.67. The molecule has 1 aromatic carbocycles. The Balaban J connectivity index is 2.05. The molecular formula is C13H10F3NO2S. The molecule has 3 nitrogen and oxygen atoms in total. The summed E-state index contributed by atoms with van der Waals surface area (Å²) in [5.41, 5.74) is -0.268. The van der Waals surface area contributed by atoms with E-state index in [4.69, 9.17) is 5.11 Å². The Kier molecular flexibility index (Phi) is 4.29. The van der Waals surface area contributed by atoms with Crippen LogP contribution in [0.1, 0.15) is 9.75 Å². The monoisotopic (exact) mass is 301 g/mol. The number of hydrogen-bond acceptors (Lipinski definition) is 3. The first-order valence-corrected chi connectivity index (χ1v) is 6.45. The van der Waals surface area contributed by atoms with E-state index in [1.165, 1.54) is 11.3 Å². The lowest BCUT2D eigenvalue weighted by Crippen LogP contribution is -2.02. The summed E-state index contributed by atoms with van der Waals surface area (Å²) >= 11 is 1.24. The van der Waals surface area contributed by atoms with Crippen molar-refractivity contribution in [3.8, 4) is 0 Å². The van der Waals surface area contributed by atoms with E-state index in [0.29, 0.717) is 10.9 Å². The Morgan fingerprint density at radius 2 is 1.90 bits per heavy atom. The number of halogens is 3. The van der Waals surface area contributed by atoms with Crippen LogP contribution in [0, 0.1) is 17.5 Å². The number of thiophene rings is 1. The lowest BCUT2D eigenvalue weighted by molar-refractivity contribution is -0.136. The Bertz CT molecular complexity index is 643. The number of benzene rings is 1. The van der Waals surface area contributed by atoms with Gasteiger partial charge in [-0.15, -0.1) is 11.3 Å². The van der Waals surface area contributed by atoms with Gasteiger partial charge in [-0.2, -0.15) is 0 Å². The molecule has 2 rings (SSSR count). The van der Waals surface area contributed by atoms with Gasteiger partial charge in [0, 0.05) is 28.4 Å². The van der Waals surface area contributed by atoms with Crippen molar-refractivity contribution in [1.82, 2.24) is 0 Å². The van der Waals surface area contributed by atoms with Gasteiger partial charge in [0.2, 0.25) is 0 Å². The van der Waals surface area contributed by atoms with Gasteiger partial charge in [0.15, 0.2) is 11.6 Å². The highest BCUT2D eigenvalue weighted by atomic mass is 32.1. The molecule has 0 aliphatic rings. The number of hydrogen-bond donors (Lipinski definition) is 2. The molecule has 2 N–H and O–H groups in total. The standard InChI is InChI=1S/C13H10F3NO2S/c14-7-3-10(15)13(16)11(4-7)17-6-9-2-1-8(20-9)5-12(18)19/h1-4,17H,5-6H2,(H,18,19). The van der Waals surface area contributed by atoms with Crippen LogP contribution in [0.4, 0.5) is 18.9 Å². The molecule has 0 unspecified atom stereocenters. The number of carboxylic acid groups (broad SMARTS) is 1. The fourth-order valence-electron chi connectivity index (χ4n) is 1.63. The molecule has 0 radical (unpaired) electrons. The highest BCUT2D eigenvalue weighted by Crippen LogP contribution is 2.22. The van der Waals surface area contributed by atoms with Gasteiger partial charge in [-0.25, -0.2) is 13.2 Å². The zero-order chi connectivity index (χ0) is 14.7. The van der Waals surface area contributed by atoms with E-state index in [1.807, 2.05) is 0 Å². The molecule has 0 bridgehead atoms. The predicted molar refractivity (Wildman–Crippen MR) is 69.3 cm³/mol. The molecule has 0 saturated heterocycles. The summed E-state index contributed by atoms with van der Waals surface area (Å²) in [6.07, 6.45) is -0.0897. The third-order valence-corrected chi connectivity index (χ3v) is 3.57. The van der Waals surface area contributed by atoms with Gasteiger partial charge in [-0.1, -0.05) is 0 Å². The minimum atomic E-state index is -1.26. The van der Waals surface area contributed by atoms with Crippen LogP contribution in [0.5, 0.6) is 0 Å². The van der Waals surface area contributed by atoms with Crippen LogP contribution in [0.2, 0.25) is 0 Å². The molecule has 106 valence electrons. The van der Waals surface area contributed by atoms with Gasteiger partial charge in [0.1, 0.15) is 5.82 Å². The Morgan fingerprint density at radius 3 is 2.60 bits per heavy atom. The van der Waals surface area contributed by atoms with Gasteiger partial charge < -0.3 is 10.4 Å². The number of aliphatic carboxylic acids is 1. The first kappa shape index (κ1) is 14.4. The Morgan fingerprint density at radius 1 is 1.20 bits per heavy atom. The van der Waals surface area contributed by atoms with Gasteiger partial charge in [-0.3, -0.25) is 4.79 Å². The van der Waals surface area contributed by atoms with Crippen LogP contribution in [-0.2, 0) is 17.8 Å². The molecule has 0 saturated carbocycles. The second-order valence-corrected chi connectivity index (χ2v) is 5.29. The fraction of sp³-hybridized carbons (Fsp3) is 0.154.